The molecule has 2 aromatic rings. The van der Waals surface area contributed by atoms with Gasteiger partial charge in [0.05, 0.1) is 29.0 Å². The first-order chi connectivity index (χ1) is 15.7. The number of ether oxygens (including phenoxy) is 1. The maximum absolute atomic E-state index is 13.2. The number of nitrogens with zero attached hydrogens (tertiary/aromatic N) is 2. The summed E-state index contributed by atoms with van der Waals surface area (Å²) >= 11 is 0. The van der Waals surface area contributed by atoms with Crippen LogP contribution in [0.5, 0.6) is 0 Å². The highest BCUT2D eigenvalue weighted by Gasteiger charge is 2.26. The molecular formula is C23H33N3O5S2. The predicted molar refractivity (Wildman–Crippen MR) is 128 cm³/mol. The molecule has 1 atom stereocenters. The Kier molecular flexibility index (Phi) is 8.65. The Morgan fingerprint density at radius 3 is 2.00 bits per heavy atom. The number of benzene rings is 2. The lowest BCUT2D eigenvalue weighted by Crippen LogP contribution is -2.43. The molecular weight excluding hydrogens is 462 g/mol. The van der Waals surface area contributed by atoms with Crippen molar-refractivity contribution in [1.82, 2.24) is 13.9 Å². The summed E-state index contributed by atoms with van der Waals surface area (Å²) in [7, 11) is -7.53. The fourth-order valence-corrected chi connectivity index (χ4v) is 6.48. The van der Waals surface area contributed by atoms with Crippen molar-refractivity contribution in [1.29, 1.82) is 0 Å². The number of morpholine rings is 1. The number of hydrogen-bond acceptors (Lipinski definition) is 6. The third kappa shape index (κ3) is 6.40. The summed E-state index contributed by atoms with van der Waals surface area (Å²) in [6, 6.07) is 12.7. The Hall–Kier alpha value is -1.82. The molecule has 1 fully saturated rings. The van der Waals surface area contributed by atoms with E-state index in [1.165, 1.54) is 28.6 Å². The summed E-state index contributed by atoms with van der Waals surface area (Å²) in [5, 5.41) is 0. The van der Waals surface area contributed by atoms with Crippen molar-refractivity contribution >= 4 is 20.0 Å². The van der Waals surface area contributed by atoms with E-state index in [0.717, 1.165) is 24.2 Å². The van der Waals surface area contributed by atoms with Gasteiger partial charge in [-0.1, -0.05) is 43.7 Å². The lowest BCUT2D eigenvalue weighted by molar-refractivity contribution is 0.0345. The molecule has 33 heavy (non-hydrogen) atoms. The van der Waals surface area contributed by atoms with E-state index in [2.05, 4.69) is 9.62 Å². The lowest BCUT2D eigenvalue weighted by Gasteiger charge is -2.31. The van der Waals surface area contributed by atoms with Gasteiger partial charge in [-0.05, 0) is 36.8 Å². The topological polar surface area (TPSA) is 96.0 Å². The molecule has 0 bridgehead atoms. The number of hydrogen-bond donors (Lipinski definition) is 1. The highest BCUT2D eigenvalue weighted by Crippen LogP contribution is 2.22. The Balaban J connectivity index is 1.84. The molecule has 1 aliphatic rings. The van der Waals surface area contributed by atoms with Gasteiger partial charge in [0.25, 0.3) is 0 Å². The Labute approximate surface area is 197 Å². The van der Waals surface area contributed by atoms with Crippen molar-refractivity contribution in [2.75, 3.05) is 45.9 Å². The monoisotopic (exact) mass is 495 g/mol. The van der Waals surface area contributed by atoms with Crippen molar-refractivity contribution in [3.63, 3.8) is 0 Å². The summed E-state index contributed by atoms with van der Waals surface area (Å²) < 4.78 is 61.4. The van der Waals surface area contributed by atoms with Gasteiger partial charge in [0.2, 0.25) is 20.0 Å². The van der Waals surface area contributed by atoms with Crippen molar-refractivity contribution in [3.05, 3.63) is 59.7 Å². The minimum Gasteiger partial charge on any atom is -0.379 e. The standard InChI is InChI=1S/C23H33N3O5S2/c1-4-26(5-2)33(29,30)22-12-10-21(11-13-22)32(27,28)24-23(18-25-14-16-31-17-15-25)20-8-6-19(3)7-9-20/h6-13,23-24H,4-5,14-18H2,1-3H3. The average Bonchev–Trinajstić information content (AvgIpc) is 2.80. The van der Waals surface area contributed by atoms with E-state index in [4.69, 9.17) is 4.74 Å². The van der Waals surface area contributed by atoms with Gasteiger partial charge in [-0.2, -0.15) is 4.31 Å². The second-order valence-electron chi connectivity index (χ2n) is 8.06. The molecule has 8 nitrogen and oxygen atoms in total. The average molecular weight is 496 g/mol. The summed E-state index contributed by atoms with van der Waals surface area (Å²) in [5.74, 6) is 0. The molecule has 1 aliphatic heterocycles. The molecule has 0 aliphatic carbocycles. The SMILES string of the molecule is CCN(CC)S(=O)(=O)c1ccc(S(=O)(=O)NC(CN2CCOCC2)c2ccc(C)cc2)cc1. The molecule has 1 saturated heterocycles. The van der Waals surface area contributed by atoms with Gasteiger partial charge in [-0.15, -0.1) is 0 Å². The van der Waals surface area contributed by atoms with Crippen molar-refractivity contribution in [2.45, 2.75) is 36.6 Å². The lowest BCUT2D eigenvalue weighted by atomic mass is 10.1. The van der Waals surface area contributed by atoms with E-state index in [0.29, 0.717) is 32.8 Å². The van der Waals surface area contributed by atoms with Gasteiger partial charge in [0.1, 0.15) is 0 Å². The fraction of sp³-hybridized carbons (Fsp3) is 0.478. The van der Waals surface area contributed by atoms with Crippen LogP contribution in [0.1, 0.15) is 31.0 Å². The molecule has 2 aromatic carbocycles. The smallest absolute Gasteiger partial charge is 0.243 e. The normalized spacial score (nSPS) is 16.7. The number of rotatable bonds is 10. The van der Waals surface area contributed by atoms with Crippen LogP contribution in [0.3, 0.4) is 0 Å². The molecule has 0 spiro atoms. The first-order valence-electron chi connectivity index (χ1n) is 11.2. The Morgan fingerprint density at radius 1 is 0.909 bits per heavy atom. The van der Waals surface area contributed by atoms with Crippen molar-refractivity contribution in [3.8, 4) is 0 Å². The molecule has 1 heterocycles. The van der Waals surface area contributed by atoms with Crippen LogP contribution in [-0.4, -0.2) is 72.0 Å². The van der Waals surface area contributed by atoms with Crippen LogP contribution in [0.2, 0.25) is 0 Å². The molecule has 0 aromatic heterocycles. The second kappa shape index (κ2) is 11.1. The number of aryl methyl sites for hydroxylation is 1. The largest absolute Gasteiger partial charge is 0.379 e. The van der Waals surface area contributed by atoms with Gasteiger partial charge in [0, 0.05) is 32.7 Å². The number of sulfonamides is 2. The van der Waals surface area contributed by atoms with Crippen molar-refractivity contribution < 1.29 is 21.6 Å². The van der Waals surface area contributed by atoms with Crippen LogP contribution in [0.15, 0.2) is 58.3 Å². The Bertz CT molecular complexity index is 1110. The zero-order valence-electron chi connectivity index (χ0n) is 19.4. The van der Waals surface area contributed by atoms with Crippen LogP contribution in [0.4, 0.5) is 0 Å². The molecule has 1 unspecified atom stereocenters. The highest BCUT2D eigenvalue weighted by molar-refractivity contribution is 7.89. The minimum absolute atomic E-state index is 0.0279. The van der Waals surface area contributed by atoms with E-state index < -0.39 is 26.1 Å². The minimum atomic E-state index is -3.88. The summed E-state index contributed by atoms with van der Waals surface area (Å²) in [5.41, 5.74) is 1.97. The quantitative estimate of drug-likeness (QED) is 0.544. The van der Waals surface area contributed by atoms with E-state index in [1.54, 1.807) is 13.8 Å². The summed E-state index contributed by atoms with van der Waals surface area (Å²) in [6.07, 6.45) is 0. The molecule has 3 rings (SSSR count). The maximum Gasteiger partial charge on any atom is 0.243 e. The van der Waals surface area contributed by atoms with Gasteiger partial charge in [-0.3, -0.25) is 4.90 Å². The van der Waals surface area contributed by atoms with Crippen molar-refractivity contribution in [2.24, 2.45) is 0 Å². The van der Waals surface area contributed by atoms with Gasteiger partial charge < -0.3 is 4.74 Å². The molecule has 182 valence electrons. The highest BCUT2D eigenvalue weighted by atomic mass is 32.2. The molecule has 0 saturated carbocycles. The van der Waals surface area contributed by atoms with E-state index in [9.17, 15) is 16.8 Å². The van der Waals surface area contributed by atoms with Crippen LogP contribution < -0.4 is 4.72 Å². The Morgan fingerprint density at radius 2 is 1.45 bits per heavy atom. The van der Waals surface area contributed by atoms with E-state index in [1.807, 2.05) is 31.2 Å². The van der Waals surface area contributed by atoms with Crippen LogP contribution in [0.25, 0.3) is 0 Å². The fourth-order valence-electron chi connectivity index (χ4n) is 3.81. The third-order valence-corrected chi connectivity index (χ3v) is 9.35. The third-order valence-electron chi connectivity index (χ3n) is 5.80. The van der Waals surface area contributed by atoms with Crippen LogP contribution in [0, 0.1) is 6.92 Å². The summed E-state index contributed by atoms with van der Waals surface area (Å²) in [4.78, 5) is 2.28. The zero-order valence-corrected chi connectivity index (χ0v) is 21.0. The second-order valence-corrected chi connectivity index (χ2v) is 11.7. The number of nitrogens with one attached hydrogen (secondary N) is 1. The van der Waals surface area contributed by atoms with Crippen LogP contribution in [-0.2, 0) is 24.8 Å². The summed E-state index contributed by atoms with van der Waals surface area (Å²) in [6.45, 7) is 9.45. The first-order valence-corrected chi connectivity index (χ1v) is 14.1. The molecule has 1 N–H and O–H groups in total. The molecule has 0 radical (unpaired) electrons. The maximum atomic E-state index is 13.2. The van der Waals surface area contributed by atoms with Crippen LogP contribution >= 0.6 is 0 Å². The first kappa shape index (κ1) is 25.8. The van der Waals surface area contributed by atoms with E-state index >= 15 is 0 Å². The van der Waals surface area contributed by atoms with Gasteiger partial charge in [-0.25, -0.2) is 21.6 Å². The molecule has 10 heteroatoms. The predicted octanol–water partition coefficient (Wildman–Crippen LogP) is 2.38. The molecule has 0 amide bonds. The zero-order chi connectivity index (χ0) is 24.1. The van der Waals surface area contributed by atoms with E-state index in [-0.39, 0.29) is 9.79 Å². The van der Waals surface area contributed by atoms with Gasteiger partial charge >= 0.3 is 0 Å². The van der Waals surface area contributed by atoms with Gasteiger partial charge in [0.15, 0.2) is 0 Å².